The number of carbonyl (C=O) groups excluding carboxylic acids is 5. The molecule has 0 radical (unpaired) electrons. The van der Waals surface area contributed by atoms with Gasteiger partial charge in [0, 0.05) is 11.5 Å². The van der Waals surface area contributed by atoms with E-state index in [0.29, 0.717) is 25.0 Å². The Morgan fingerprint density at radius 3 is 2.32 bits per heavy atom. The molecule has 4 bridgehead atoms. The first kappa shape index (κ1) is 37.3. The van der Waals surface area contributed by atoms with Gasteiger partial charge in [-0.3, -0.25) is 24.0 Å². The number of nitrogens with one attached hydrogen (secondary N) is 3. The summed E-state index contributed by atoms with van der Waals surface area (Å²) in [6.45, 7) is -0.422. The molecular formula is C37H49N5O7S. The number of benzene rings is 2. The quantitative estimate of drug-likeness (QED) is 0.139. The highest BCUT2D eigenvalue weighted by molar-refractivity contribution is 7.98. The molecule has 270 valence electrons. The third-order valence-electron chi connectivity index (χ3n) is 10.9. The Kier molecular flexibility index (Phi) is 12.2. The van der Waals surface area contributed by atoms with E-state index < -0.39 is 59.7 Å². The lowest BCUT2D eigenvalue weighted by atomic mass is 9.42. The maximum Gasteiger partial charge on any atom is 0.310 e. The van der Waals surface area contributed by atoms with E-state index >= 15 is 0 Å². The van der Waals surface area contributed by atoms with Crippen LogP contribution in [0.3, 0.4) is 0 Å². The van der Waals surface area contributed by atoms with Crippen molar-refractivity contribution in [3.05, 3.63) is 65.7 Å². The minimum Gasteiger partial charge on any atom is -0.508 e. The lowest BCUT2D eigenvalue weighted by Crippen LogP contribution is -2.68. The number of carbonyl (C=O) groups is 5. The standard InChI is InChI=1S/C37H49N5O7S/c1-49-36(48)31-26-15-23-14-24(32(26)39)19-37(31,18-23)33(45)29(17-21-6-4-3-5-7-21)41-30(44)20-40-35(47)28(12-13-50-2)42-34(46)27(38)16-22-8-10-25(43)11-9-22/h3-11,23-24,26-29,31-32,43H,12-20,38-39H2,1-2H3,(H,40,47)(H,41,44)(H,42,46)/t23?,24?,26?,27-,28+,29-,31?,32?,37?/m0/s1. The molecule has 8 N–H and O–H groups in total. The molecule has 2 aromatic rings. The van der Waals surface area contributed by atoms with Crippen molar-refractivity contribution in [2.24, 2.45) is 40.6 Å². The number of hydrogen-bond donors (Lipinski definition) is 6. The summed E-state index contributed by atoms with van der Waals surface area (Å²) in [5, 5.41) is 17.8. The predicted molar refractivity (Wildman–Crippen MR) is 190 cm³/mol. The number of hydrogen-bond acceptors (Lipinski definition) is 10. The Balaban J connectivity index is 1.27. The van der Waals surface area contributed by atoms with Crippen LogP contribution in [0.25, 0.3) is 0 Å². The molecule has 13 heteroatoms. The highest BCUT2D eigenvalue weighted by Crippen LogP contribution is 2.63. The summed E-state index contributed by atoms with van der Waals surface area (Å²) in [5.41, 5.74) is 13.4. The maximum atomic E-state index is 14.7. The number of Topliss-reactive ketones (excluding diaryl/α,β-unsaturated/α-hetero) is 1. The lowest BCUT2D eigenvalue weighted by Gasteiger charge is -2.62. The minimum absolute atomic E-state index is 0.100. The van der Waals surface area contributed by atoms with Crippen molar-refractivity contribution in [1.82, 2.24) is 16.0 Å². The van der Waals surface area contributed by atoms with E-state index in [9.17, 15) is 29.1 Å². The van der Waals surface area contributed by atoms with Crippen molar-refractivity contribution >= 4 is 41.2 Å². The fourth-order valence-electron chi connectivity index (χ4n) is 8.63. The largest absolute Gasteiger partial charge is 0.508 e. The van der Waals surface area contributed by atoms with E-state index in [1.165, 1.54) is 31.0 Å². The molecular weight excluding hydrogens is 659 g/mol. The third kappa shape index (κ3) is 8.33. The number of ketones is 1. The van der Waals surface area contributed by atoms with Crippen LogP contribution in [-0.4, -0.2) is 84.4 Å². The lowest BCUT2D eigenvalue weighted by molar-refractivity contribution is -0.183. The van der Waals surface area contributed by atoms with Crippen molar-refractivity contribution in [1.29, 1.82) is 0 Å². The number of ether oxygens (including phenoxy) is 1. The number of rotatable bonds is 16. The van der Waals surface area contributed by atoms with Crippen molar-refractivity contribution in [2.45, 2.75) is 69.1 Å². The number of aromatic hydroxyl groups is 1. The first-order chi connectivity index (χ1) is 23.9. The number of phenolic OH excluding ortho intramolecular Hbond substituents is 1. The topological polar surface area (TPSA) is 203 Å². The van der Waals surface area contributed by atoms with E-state index in [1.54, 1.807) is 12.1 Å². The zero-order valence-electron chi connectivity index (χ0n) is 28.6. The van der Waals surface area contributed by atoms with E-state index in [0.717, 1.165) is 24.0 Å². The fourth-order valence-corrected chi connectivity index (χ4v) is 9.10. The number of amides is 3. The Bertz CT molecular complexity index is 1540. The SMILES string of the molecule is COC(=O)C1C2CC3CC(CC1(C(=O)[C@H](Cc1ccccc1)NC(=O)CNC(=O)[C@@H](CCSC)NC(=O)[C@@H](N)Cc1ccc(O)cc1)C3)C2N. The number of nitrogens with two attached hydrogens (primary N) is 2. The zero-order chi connectivity index (χ0) is 36.0. The summed E-state index contributed by atoms with van der Waals surface area (Å²) in [5.74, 6) is -2.05. The summed E-state index contributed by atoms with van der Waals surface area (Å²) in [7, 11) is 1.33. The van der Waals surface area contributed by atoms with Crippen molar-refractivity contribution in [3.63, 3.8) is 0 Å². The van der Waals surface area contributed by atoms with Gasteiger partial charge >= 0.3 is 5.97 Å². The summed E-state index contributed by atoms with van der Waals surface area (Å²) >= 11 is 1.51. The van der Waals surface area contributed by atoms with Gasteiger partial charge in [-0.05, 0) is 98.0 Å². The molecule has 4 aliphatic carbocycles. The van der Waals surface area contributed by atoms with Gasteiger partial charge in [0.05, 0.1) is 31.7 Å². The van der Waals surface area contributed by atoms with Crippen molar-refractivity contribution in [2.75, 3.05) is 25.7 Å². The van der Waals surface area contributed by atoms with Crippen LogP contribution < -0.4 is 27.4 Å². The van der Waals surface area contributed by atoms with Gasteiger partial charge in [-0.1, -0.05) is 42.5 Å². The Hall–Kier alpha value is -3.94. The summed E-state index contributed by atoms with van der Waals surface area (Å²) in [4.78, 5) is 67.8. The average molecular weight is 708 g/mol. The second-order valence-corrected chi connectivity index (χ2v) is 15.1. The van der Waals surface area contributed by atoms with Crippen LogP contribution in [0, 0.1) is 29.1 Å². The van der Waals surface area contributed by atoms with Crippen LogP contribution in [0.15, 0.2) is 54.6 Å². The van der Waals surface area contributed by atoms with Crippen LogP contribution in [0.1, 0.15) is 43.2 Å². The summed E-state index contributed by atoms with van der Waals surface area (Å²) in [6, 6.07) is 12.7. The highest BCUT2D eigenvalue weighted by atomic mass is 32.2. The Morgan fingerprint density at radius 1 is 0.940 bits per heavy atom. The molecule has 0 spiro atoms. The second kappa shape index (κ2) is 16.4. The molecule has 3 amide bonds. The van der Waals surface area contributed by atoms with Crippen LogP contribution in [0.4, 0.5) is 0 Å². The molecule has 50 heavy (non-hydrogen) atoms. The molecule has 4 aliphatic rings. The molecule has 6 unspecified atom stereocenters. The predicted octanol–water partition coefficient (Wildman–Crippen LogP) is 1.47. The molecule has 0 aromatic heterocycles. The fraction of sp³-hybridized carbons (Fsp3) is 0.541. The molecule has 6 rings (SSSR count). The van der Waals surface area contributed by atoms with Crippen LogP contribution >= 0.6 is 11.8 Å². The van der Waals surface area contributed by atoms with Gasteiger partial charge < -0.3 is 37.3 Å². The monoisotopic (exact) mass is 707 g/mol. The minimum atomic E-state index is -0.998. The molecule has 0 aliphatic heterocycles. The summed E-state index contributed by atoms with van der Waals surface area (Å²) in [6.07, 6.45) is 5.35. The number of phenols is 1. The van der Waals surface area contributed by atoms with E-state index in [4.69, 9.17) is 16.2 Å². The number of thioether (sulfide) groups is 1. The molecule has 4 saturated carbocycles. The van der Waals surface area contributed by atoms with Gasteiger partial charge in [-0.15, -0.1) is 0 Å². The van der Waals surface area contributed by atoms with Crippen molar-refractivity contribution < 1.29 is 33.8 Å². The number of esters is 1. The highest BCUT2D eigenvalue weighted by Gasteiger charge is 2.66. The Morgan fingerprint density at radius 2 is 1.64 bits per heavy atom. The van der Waals surface area contributed by atoms with Crippen molar-refractivity contribution in [3.8, 4) is 5.75 Å². The normalized spacial score (nSPS) is 26.7. The molecule has 2 aromatic carbocycles. The molecule has 0 saturated heterocycles. The van der Waals surface area contributed by atoms with Crippen LogP contribution in [-0.2, 0) is 41.6 Å². The summed E-state index contributed by atoms with van der Waals surface area (Å²) < 4.78 is 5.24. The van der Waals surface area contributed by atoms with E-state index in [1.807, 2.05) is 36.6 Å². The first-order valence-corrected chi connectivity index (χ1v) is 18.7. The zero-order valence-corrected chi connectivity index (χ0v) is 29.5. The molecule has 12 nitrogen and oxygen atoms in total. The smallest absolute Gasteiger partial charge is 0.310 e. The molecule has 4 fully saturated rings. The number of methoxy groups -OCH3 is 1. The molecule has 0 heterocycles. The first-order valence-electron chi connectivity index (χ1n) is 17.3. The van der Waals surface area contributed by atoms with Gasteiger partial charge in [0.15, 0.2) is 5.78 Å². The van der Waals surface area contributed by atoms with Crippen LogP contribution in [0.5, 0.6) is 5.75 Å². The van der Waals surface area contributed by atoms with Gasteiger partial charge in [-0.2, -0.15) is 11.8 Å². The maximum absolute atomic E-state index is 14.7. The van der Waals surface area contributed by atoms with E-state index in [-0.39, 0.29) is 48.2 Å². The van der Waals surface area contributed by atoms with Gasteiger partial charge in [-0.25, -0.2) is 0 Å². The van der Waals surface area contributed by atoms with E-state index in [2.05, 4.69) is 16.0 Å². The van der Waals surface area contributed by atoms with Crippen LogP contribution in [0.2, 0.25) is 0 Å². The van der Waals surface area contributed by atoms with Gasteiger partial charge in [0.25, 0.3) is 0 Å². The Labute approximate surface area is 297 Å². The average Bonchev–Trinajstić information content (AvgIpc) is 3.11. The second-order valence-electron chi connectivity index (χ2n) is 14.1. The molecule has 9 atom stereocenters. The third-order valence-corrected chi connectivity index (χ3v) is 11.5. The van der Waals surface area contributed by atoms with Gasteiger partial charge in [0.1, 0.15) is 11.8 Å². The van der Waals surface area contributed by atoms with Gasteiger partial charge in [0.2, 0.25) is 17.7 Å².